The lowest BCUT2D eigenvalue weighted by Gasteiger charge is -2.05. The molecule has 0 aromatic heterocycles. The van der Waals surface area contributed by atoms with E-state index in [1.165, 1.54) is 12.1 Å². The summed E-state index contributed by atoms with van der Waals surface area (Å²) in [7, 11) is 0. The number of non-ortho nitro benzene ring substituents is 1. The third-order valence-corrected chi connectivity index (χ3v) is 2.33. The highest BCUT2D eigenvalue weighted by Gasteiger charge is 2.09. The quantitative estimate of drug-likeness (QED) is 0.474. The van der Waals surface area contributed by atoms with E-state index in [4.69, 9.17) is 5.73 Å². The van der Waals surface area contributed by atoms with Crippen molar-refractivity contribution in [1.82, 2.24) is 0 Å². The van der Waals surface area contributed by atoms with Gasteiger partial charge in [0.05, 0.1) is 4.92 Å². The highest BCUT2D eigenvalue weighted by molar-refractivity contribution is 5.78. The van der Waals surface area contributed by atoms with Crippen LogP contribution >= 0.6 is 0 Å². The Bertz CT molecular complexity index is 524. The van der Waals surface area contributed by atoms with Gasteiger partial charge in [0.2, 0.25) is 0 Å². The molecule has 0 bridgehead atoms. The van der Waals surface area contributed by atoms with Gasteiger partial charge < -0.3 is 5.73 Å². The van der Waals surface area contributed by atoms with E-state index in [2.05, 4.69) is 0 Å². The van der Waals surface area contributed by atoms with E-state index in [1.54, 1.807) is 6.07 Å². The first-order valence-electron chi connectivity index (χ1n) is 4.78. The van der Waals surface area contributed by atoms with E-state index in [-0.39, 0.29) is 5.69 Å². The van der Waals surface area contributed by atoms with Crippen LogP contribution in [0.5, 0.6) is 0 Å². The van der Waals surface area contributed by atoms with E-state index in [0.29, 0.717) is 11.3 Å². The lowest BCUT2D eigenvalue weighted by atomic mass is 10.0. The van der Waals surface area contributed by atoms with Crippen molar-refractivity contribution in [2.75, 3.05) is 5.73 Å². The van der Waals surface area contributed by atoms with Gasteiger partial charge in [0.1, 0.15) is 0 Å². The molecule has 0 heterocycles. The molecule has 0 fully saturated rings. The molecule has 2 aromatic carbocycles. The first kappa shape index (κ1) is 10.2. The van der Waals surface area contributed by atoms with Crippen LogP contribution in [0.3, 0.4) is 0 Å². The molecule has 2 N–H and O–H groups in total. The Morgan fingerprint density at radius 1 is 1.06 bits per heavy atom. The van der Waals surface area contributed by atoms with Gasteiger partial charge in [0.15, 0.2) is 0 Å². The number of hydrogen-bond donors (Lipinski definition) is 1. The highest BCUT2D eigenvalue weighted by Crippen LogP contribution is 2.29. The van der Waals surface area contributed by atoms with Crippen molar-refractivity contribution in [3.8, 4) is 11.1 Å². The molecule has 0 saturated carbocycles. The number of hydrogen-bond acceptors (Lipinski definition) is 3. The Balaban J connectivity index is 2.56. The van der Waals surface area contributed by atoms with Crippen LogP contribution in [0.25, 0.3) is 11.1 Å². The molecule has 2 rings (SSSR count). The third kappa shape index (κ3) is 1.86. The van der Waals surface area contributed by atoms with Gasteiger partial charge in [-0.2, -0.15) is 0 Å². The summed E-state index contributed by atoms with van der Waals surface area (Å²) in [5.41, 5.74) is 7.95. The molecule has 80 valence electrons. The molecule has 0 atom stereocenters. The summed E-state index contributed by atoms with van der Waals surface area (Å²) in [6.45, 7) is 0. The lowest BCUT2D eigenvalue weighted by Crippen LogP contribution is -1.93. The van der Waals surface area contributed by atoms with Crippen molar-refractivity contribution in [2.45, 2.75) is 0 Å². The monoisotopic (exact) mass is 214 g/mol. The van der Waals surface area contributed by atoms with E-state index in [0.717, 1.165) is 5.56 Å². The second-order valence-corrected chi connectivity index (χ2v) is 3.39. The van der Waals surface area contributed by atoms with E-state index >= 15 is 0 Å². The SMILES string of the molecule is Nc1ccc([N+](=O)[O-])cc1-c1ccccc1. The second kappa shape index (κ2) is 4.02. The molecule has 0 unspecified atom stereocenters. The molecular weight excluding hydrogens is 204 g/mol. The smallest absolute Gasteiger partial charge is 0.270 e. The maximum Gasteiger partial charge on any atom is 0.270 e. The van der Waals surface area contributed by atoms with Crippen LogP contribution in [0, 0.1) is 10.1 Å². The van der Waals surface area contributed by atoms with Crippen molar-refractivity contribution in [1.29, 1.82) is 0 Å². The lowest BCUT2D eigenvalue weighted by molar-refractivity contribution is -0.384. The normalized spacial score (nSPS) is 10.0. The Hall–Kier alpha value is -2.36. The van der Waals surface area contributed by atoms with Crippen molar-refractivity contribution in [2.24, 2.45) is 0 Å². The molecule has 0 aliphatic heterocycles. The zero-order valence-corrected chi connectivity index (χ0v) is 8.46. The van der Waals surface area contributed by atoms with Gasteiger partial charge >= 0.3 is 0 Å². The van der Waals surface area contributed by atoms with Crippen molar-refractivity contribution in [3.63, 3.8) is 0 Å². The number of anilines is 1. The minimum Gasteiger partial charge on any atom is -0.398 e. The highest BCUT2D eigenvalue weighted by atomic mass is 16.6. The molecule has 0 aliphatic rings. The van der Waals surface area contributed by atoms with Crippen LogP contribution in [0.4, 0.5) is 11.4 Å². The molecule has 0 radical (unpaired) electrons. The Morgan fingerprint density at radius 2 is 1.75 bits per heavy atom. The summed E-state index contributed by atoms with van der Waals surface area (Å²) in [5, 5.41) is 10.7. The van der Waals surface area contributed by atoms with E-state index in [9.17, 15) is 10.1 Å². The zero-order valence-electron chi connectivity index (χ0n) is 8.46. The van der Waals surface area contributed by atoms with Gasteiger partial charge in [-0.05, 0) is 11.6 Å². The number of nitro benzene ring substituents is 1. The molecule has 0 saturated heterocycles. The fraction of sp³-hybridized carbons (Fsp3) is 0. The summed E-state index contributed by atoms with van der Waals surface area (Å²) in [6.07, 6.45) is 0. The zero-order chi connectivity index (χ0) is 11.5. The minimum atomic E-state index is -0.425. The van der Waals surface area contributed by atoms with Crippen LogP contribution in [0.1, 0.15) is 0 Å². The summed E-state index contributed by atoms with van der Waals surface area (Å²) in [4.78, 5) is 10.2. The van der Waals surface area contributed by atoms with Crippen LogP contribution in [-0.4, -0.2) is 4.92 Å². The molecule has 4 nitrogen and oxygen atoms in total. The molecule has 16 heavy (non-hydrogen) atoms. The van der Waals surface area contributed by atoms with Gasteiger partial charge in [-0.25, -0.2) is 0 Å². The predicted molar refractivity (Wildman–Crippen MR) is 62.9 cm³/mol. The van der Waals surface area contributed by atoms with Crippen molar-refractivity contribution in [3.05, 3.63) is 58.6 Å². The molecule has 0 aliphatic carbocycles. The van der Waals surface area contributed by atoms with E-state index in [1.807, 2.05) is 30.3 Å². The number of nitrogen functional groups attached to an aromatic ring is 1. The van der Waals surface area contributed by atoms with Gasteiger partial charge in [-0.1, -0.05) is 30.3 Å². The summed E-state index contributed by atoms with van der Waals surface area (Å²) in [5.74, 6) is 0. The summed E-state index contributed by atoms with van der Waals surface area (Å²) < 4.78 is 0. The van der Waals surface area contributed by atoms with Gasteiger partial charge in [0, 0.05) is 23.4 Å². The second-order valence-electron chi connectivity index (χ2n) is 3.39. The summed E-state index contributed by atoms with van der Waals surface area (Å²) in [6, 6.07) is 13.8. The topological polar surface area (TPSA) is 69.2 Å². The largest absolute Gasteiger partial charge is 0.398 e. The van der Waals surface area contributed by atoms with Crippen LogP contribution in [-0.2, 0) is 0 Å². The number of nitrogens with two attached hydrogens (primary N) is 1. The Morgan fingerprint density at radius 3 is 2.38 bits per heavy atom. The number of benzene rings is 2. The van der Waals surface area contributed by atoms with Gasteiger partial charge in [0.25, 0.3) is 5.69 Å². The Kier molecular flexibility index (Phi) is 2.55. The molecular formula is C12H10N2O2. The maximum atomic E-state index is 10.7. The van der Waals surface area contributed by atoms with Gasteiger partial charge in [-0.3, -0.25) is 10.1 Å². The van der Waals surface area contributed by atoms with Crippen LogP contribution in [0.2, 0.25) is 0 Å². The number of nitro groups is 1. The van der Waals surface area contributed by atoms with Crippen molar-refractivity contribution >= 4 is 11.4 Å². The average molecular weight is 214 g/mol. The number of rotatable bonds is 2. The molecule has 2 aromatic rings. The predicted octanol–water partition coefficient (Wildman–Crippen LogP) is 2.84. The standard InChI is InChI=1S/C12H10N2O2/c13-12-7-6-10(14(15)16)8-11(12)9-4-2-1-3-5-9/h1-8H,13H2. The number of nitrogens with zero attached hydrogens (tertiary/aromatic N) is 1. The molecule has 4 heteroatoms. The summed E-state index contributed by atoms with van der Waals surface area (Å²) >= 11 is 0. The first-order chi connectivity index (χ1) is 7.68. The third-order valence-electron chi connectivity index (χ3n) is 2.33. The van der Waals surface area contributed by atoms with Crippen molar-refractivity contribution < 1.29 is 4.92 Å². The van der Waals surface area contributed by atoms with Crippen LogP contribution < -0.4 is 5.73 Å². The first-order valence-corrected chi connectivity index (χ1v) is 4.78. The maximum absolute atomic E-state index is 10.7. The molecule has 0 amide bonds. The van der Waals surface area contributed by atoms with Gasteiger partial charge in [-0.15, -0.1) is 0 Å². The minimum absolute atomic E-state index is 0.0491. The van der Waals surface area contributed by atoms with E-state index < -0.39 is 4.92 Å². The molecule has 0 spiro atoms. The average Bonchev–Trinajstić information content (AvgIpc) is 2.30. The Labute approximate surface area is 92.5 Å². The fourth-order valence-electron chi connectivity index (χ4n) is 1.53. The fourth-order valence-corrected chi connectivity index (χ4v) is 1.53. The van der Waals surface area contributed by atoms with Crippen LogP contribution in [0.15, 0.2) is 48.5 Å².